The summed E-state index contributed by atoms with van der Waals surface area (Å²) in [5.74, 6) is 1.30. The predicted molar refractivity (Wildman–Crippen MR) is 117 cm³/mol. The Bertz CT molecular complexity index is 1060. The van der Waals surface area contributed by atoms with Gasteiger partial charge in [-0.3, -0.25) is 19.3 Å². The Hall–Kier alpha value is -4.12. The number of carbonyl (C=O) groups is 4. The van der Waals surface area contributed by atoms with E-state index < -0.39 is 48.2 Å². The normalized spacial score (nSPS) is 15.8. The van der Waals surface area contributed by atoms with E-state index in [1.54, 1.807) is 48.5 Å². The zero-order valence-electron chi connectivity index (χ0n) is 18.2. The molecule has 0 N–H and O–H groups in total. The fourth-order valence-corrected chi connectivity index (χ4v) is 3.68. The van der Waals surface area contributed by atoms with Crippen LogP contribution in [0.4, 0.5) is 4.79 Å². The molecule has 1 amide bonds. The van der Waals surface area contributed by atoms with Crippen LogP contribution in [-0.2, 0) is 28.6 Å². The van der Waals surface area contributed by atoms with Gasteiger partial charge in [-0.05, 0) is 23.6 Å². The maximum Gasteiger partial charge on any atom is 0.410 e. The Morgan fingerprint density at radius 2 is 1.58 bits per heavy atom. The van der Waals surface area contributed by atoms with Crippen LogP contribution in [0.25, 0.3) is 0 Å². The highest BCUT2D eigenvalue weighted by Crippen LogP contribution is 2.34. The lowest BCUT2D eigenvalue weighted by Gasteiger charge is -2.33. The van der Waals surface area contributed by atoms with Gasteiger partial charge >= 0.3 is 18.0 Å². The van der Waals surface area contributed by atoms with E-state index >= 15 is 0 Å². The number of methoxy groups -OCH3 is 2. The summed E-state index contributed by atoms with van der Waals surface area (Å²) in [6.07, 6.45) is -1.15. The zero-order chi connectivity index (χ0) is 23.8. The van der Waals surface area contributed by atoms with Gasteiger partial charge in [0, 0.05) is 12.0 Å². The Morgan fingerprint density at radius 1 is 1.00 bits per heavy atom. The van der Waals surface area contributed by atoms with Crippen LogP contribution in [0.5, 0.6) is 0 Å². The van der Waals surface area contributed by atoms with Crippen molar-refractivity contribution in [3.63, 3.8) is 0 Å². The Kier molecular flexibility index (Phi) is 7.82. The number of nitrogens with zero attached hydrogens (tertiary/aromatic N) is 1. The number of esters is 2. The molecule has 1 aliphatic heterocycles. The quantitative estimate of drug-likeness (QED) is 0.277. The summed E-state index contributed by atoms with van der Waals surface area (Å²) in [6.45, 7) is -0.00169. The number of Topliss-reactive ketones (excluding diaryl/α,β-unsaturated/α-hetero) is 1. The first-order valence-corrected chi connectivity index (χ1v) is 10.2. The van der Waals surface area contributed by atoms with Gasteiger partial charge in [-0.25, -0.2) is 4.79 Å². The topological polar surface area (TPSA) is 99.2 Å². The molecule has 0 unspecified atom stereocenters. The number of amides is 1. The molecule has 0 bridgehead atoms. The summed E-state index contributed by atoms with van der Waals surface area (Å²) in [5, 5.41) is 0. The molecule has 0 aliphatic carbocycles. The van der Waals surface area contributed by atoms with Crippen LogP contribution in [-0.4, -0.2) is 55.6 Å². The van der Waals surface area contributed by atoms with E-state index in [4.69, 9.17) is 14.2 Å². The number of ether oxygens (including phenoxy) is 3. The van der Waals surface area contributed by atoms with Crippen LogP contribution in [0, 0.1) is 17.8 Å². The standard InChI is InChI=1S/C25H23NO7/c1-31-23(28)22(24(29)32-2)20(15-19(27)14-13-17-9-5-3-6-10-17)26-21(16-33-25(26)30)18-11-7-4-8-12-18/h3-12,20-22H,15-16H2,1-2H3/t20-,21-/m1/s1. The highest BCUT2D eigenvalue weighted by atomic mass is 16.6. The summed E-state index contributed by atoms with van der Waals surface area (Å²) < 4.78 is 14.8. The molecule has 170 valence electrons. The average Bonchev–Trinajstić information content (AvgIpc) is 3.24. The van der Waals surface area contributed by atoms with E-state index in [1.165, 1.54) is 4.90 Å². The minimum absolute atomic E-state index is 0.00169. The fraction of sp³-hybridized carbons (Fsp3) is 0.280. The van der Waals surface area contributed by atoms with E-state index in [0.29, 0.717) is 5.56 Å². The molecule has 3 rings (SSSR count). The SMILES string of the molecule is COC(=O)C(C(=O)OC)[C@@H](CC(=O)C#Cc1ccccc1)N1C(=O)OC[C@@H]1c1ccccc1. The zero-order valence-corrected chi connectivity index (χ0v) is 18.2. The summed E-state index contributed by atoms with van der Waals surface area (Å²) in [6, 6.07) is 16.0. The molecular weight excluding hydrogens is 426 g/mol. The molecule has 2 aromatic carbocycles. The molecule has 1 aliphatic rings. The molecule has 1 fully saturated rings. The number of ketones is 1. The van der Waals surface area contributed by atoms with E-state index in [9.17, 15) is 19.2 Å². The van der Waals surface area contributed by atoms with Crippen LogP contribution < -0.4 is 0 Å². The Balaban J connectivity index is 1.99. The summed E-state index contributed by atoms with van der Waals surface area (Å²) >= 11 is 0. The monoisotopic (exact) mass is 449 g/mol. The highest BCUT2D eigenvalue weighted by Gasteiger charge is 2.48. The maximum absolute atomic E-state index is 12.8. The summed E-state index contributed by atoms with van der Waals surface area (Å²) in [5.41, 5.74) is 1.35. The second kappa shape index (κ2) is 11.0. The molecule has 0 radical (unpaired) electrons. The third-order valence-corrected chi connectivity index (χ3v) is 5.26. The van der Waals surface area contributed by atoms with Crippen molar-refractivity contribution in [1.29, 1.82) is 0 Å². The maximum atomic E-state index is 12.8. The molecule has 33 heavy (non-hydrogen) atoms. The third kappa shape index (κ3) is 5.57. The Labute approximate surface area is 191 Å². The van der Waals surface area contributed by atoms with Gasteiger partial charge in [0.25, 0.3) is 0 Å². The number of carbonyl (C=O) groups excluding carboxylic acids is 4. The minimum atomic E-state index is -1.56. The second-order valence-corrected chi connectivity index (χ2v) is 7.25. The van der Waals surface area contributed by atoms with Gasteiger partial charge in [-0.2, -0.15) is 0 Å². The van der Waals surface area contributed by atoms with E-state index in [2.05, 4.69) is 11.8 Å². The van der Waals surface area contributed by atoms with Crippen LogP contribution in [0.3, 0.4) is 0 Å². The molecule has 0 saturated carbocycles. The fourth-order valence-electron chi connectivity index (χ4n) is 3.68. The summed E-state index contributed by atoms with van der Waals surface area (Å²) in [4.78, 5) is 51.9. The molecule has 0 aromatic heterocycles. The summed E-state index contributed by atoms with van der Waals surface area (Å²) in [7, 11) is 2.23. The predicted octanol–water partition coefficient (Wildman–Crippen LogP) is 2.52. The lowest BCUT2D eigenvalue weighted by molar-refractivity contribution is -0.162. The Morgan fingerprint density at radius 3 is 2.15 bits per heavy atom. The van der Waals surface area contributed by atoms with Crippen molar-refractivity contribution in [2.75, 3.05) is 20.8 Å². The lowest BCUT2D eigenvalue weighted by atomic mass is 9.91. The van der Waals surface area contributed by atoms with Crippen LogP contribution in [0.2, 0.25) is 0 Å². The molecule has 8 heteroatoms. The first kappa shape index (κ1) is 23.5. The number of benzene rings is 2. The molecule has 2 atom stereocenters. The first-order valence-electron chi connectivity index (χ1n) is 10.2. The van der Waals surface area contributed by atoms with Gasteiger partial charge in [-0.1, -0.05) is 54.5 Å². The van der Waals surface area contributed by atoms with Crippen LogP contribution in [0.15, 0.2) is 60.7 Å². The van der Waals surface area contributed by atoms with Gasteiger partial charge in [0.15, 0.2) is 5.92 Å². The van der Waals surface area contributed by atoms with Crippen molar-refractivity contribution in [1.82, 2.24) is 4.90 Å². The molecule has 2 aromatic rings. The smallest absolute Gasteiger partial charge is 0.410 e. The third-order valence-electron chi connectivity index (χ3n) is 5.26. The first-order chi connectivity index (χ1) is 16.0. The van der Waals surface area contributed by atoms with Crippen molar-refractivity contribution in [2.45, 2.75) is 18.5 Å². The van der Waals surface area contributed by atoms with Gasteiger partial charge in [0.1, 0.15) is 6.61 Å². The van der Waals surface area contributed by atoms with E-state index in [-0.39, 0.29) is 6.61 Å². The molecular formula is C25H23NO7. The van der Waals surface area contributed by atoms with Crippen molar-refractivity contribution in [3.05, 3.63) is 71.8 Å². The average molecular weight is 449 g/mol. The second-order valence-electron chi connectivity index (χ2n) is 7.25. The lowest BCUT2D eigenvalue weighted by Crippen LogP contribution is -2.50. The number of hydrogen-bond donors (Lipinski definition) is 0. The molecule has 1 saturated heterocycles. The molecule has 8 nitrogen and oxygen atoms in total. The number of rotatable bonds is 7. The highest BCUT2D eigenvalue weighted by molar-refractivity contribution is 6.00. The van der Waals surface area contributed by atoms with Crippen LogP contribution in [0.1, 0.15) is 23.6 Å². The number of hydrogen-bond acceptors (Lipinski definition) is 7. The largest absolute Gasteiger partial charge is 0.468 e. The van der Waals surface area contributed by atoms with Gasteiger partial charge in [0.2, 0.25) is 5.78 Å². The number of cyclic esters (lactones) is 1. The van der Waals surface area contributed by atoms with Gasteiger partial charge < -0.3 is 14.2 Å². The minimum Gasteiger partial charge on any atom is -0.468 e. The molecule has 1 heterocycles. The van der Waals surface area contributed by atoms with Crippen LogP contribution >= 0.6 is 0 Å². The van der Waals surface area contributed by atoms with Gasteiger partial charge in [0.05, 0.1) is 26.3 Å². The van der Waals surface area contributed by atoms with E-state index in [1.807, 2.05) is 12.1 Å². The van der Waals surface area contributed by atoms with Crippen molar-refractivity contribution in [3.8, 4) is 11.8 Å². The van der Waals surface area contributed by atoms with Crippen molar-refractivity contribution >= 4 is 23.8 Å². The van der Waals surface area contributed by atoms with Gasteiger partial charge in [-0.15, -0.1) is 0 Å². The van der Waals surface area contributed by atoms with Crippen molar-refractivity contribution < 1.29 is 33.4 Å². The van der Waals surface area contributed by atoms with Crippen molar-refractivity contribution in [2.24, 2.45) is 5.92 Å². The van der Waals surface area contributed by atoms with E-state index in [0.717, 1.165) is 19.8 Å². The molecule has 0 spiro atoms.